The van der Waals surface area contributed by atoms with E-state index in [1.807, 2.05) is 0 Å². The lowest BCUT2D eigenvalue weighted by molar-refractivity contribution is -0.150. The number of carbonyl (C=O) groups excluding carboxylic acids is 1. The van der Waals surface area contributed by atoms with Crippen molar-refractivity contribution in [2.24, 2.45) is 7.05 Å². The summed E-state index contributed by atoms with van der Waals surface area (Å²) in [5.41, 5.74) is 2.73. The van der Waals surface area contributed by atoms with E-state index >= 15 is 0 Å². The minimum Gasteiger partial charge on any atom is -0.374 e. The van der Waals surface area contributed by atoms with Crippen molar-refractivity contribution in [2.45, 2.75) is 82.4 Å². The second-order valence-corrected chi connectivity index (χ2v) is 9.11. The summed E-state index contributed by atoms with van der Waals surface area (Å²) in [6, 6.07) is 0.597. The fourth-order valence-electron chi connectivity index (χ4n) is 5.98. The minimum absolute atomic E-state index is 0.266. The third-order valence-electron chi connectivity index (χ3n) is 7.46. The van der Waals surface area contributed by atoms with Crippen molar-refractivity contribution in [3.8, 4) is 0 Å². The van der Waals surface area contributed by atoms with Gasteiger partial charge >= 0.3 is 0 Å². The molecule has 4 aliphatic rings. The molecule has 0 spiro atoms. The van der Waals surface area contributed by atoms with Gasteiger partial charge in [0.25, 0.3) is 0 Å². The summed E-state index contributed by atoms with van der Waals surface area (Å²) in [6.45, 7) is 3.00. The van der Waals surface area contributed by atoms with Crippen LogP contribution in [0, 0.1) is 0 Å². The summed E-state index contributed by atoms with van der Waals surface area (Å²) in [5.74, 6) is 1.49. The Labute approximate surface area is 168 Å². The van der Waals surface area contributed by atoms with Crippen molar-refractivity contribution in [2.75, 3.05) is 26.2 Å². The number of aromatic nitrogens is 2. The van der Waals surface area contributed by atoms with Gasteiger partial charge < -0.3 is 14.2 Å². The Balaban J connectivity index is 1.31. The lowest BCUT2D eigenvalue weighted by Gasteiger charge is -2.44. The average molecular weight is 387 g/mol. The molecule has 2 saturated heterocycles. The number of rotatable bonds is 3. The van der Waals surface area contributed by atoms with E-state index in [2.05, 4.69) is 21.4 Å². The highest BCUT2D eigenvalue weighted by molar-refractivity contribution is 5.79. The SMILES string of the molecule is Cn1c(C2CCCN2CC(=O)N2CCOC3CCCCC32)nc2c1CCCC2. The van der Waals surface area contributed by atoms with E-state index in [0.717, 1.165) is 51.6 Å². The second kappa shape index (κ2) is 7.79. The molecule has 1 aromatic rings. The van der Waals surface area contributed by atoms with E-state index in [4.69, 9.17) is 9.72 Å². The van der Waals surface area contributed by atoms with E-state index in [9.17, 15) is 4.79 Å². The van der Waals surface area contributed by atoms with Crippen molar-refractivity contribution >= 4 is 5.91 Å². The molecular weight excluding hydrogens is 352 g/mol. The number of likely N-dealkylation sites (tertiary alicyclic amines) is 1. The number of fused-ring (bicyclic) bond motifs is 2. The number of aryl methyl sites for hydroxylation is 1. The maximum atomic E-state index is 13.3. The zero-order chi connectivity index (χ0) is 19.1. The third-order valence-corrected chi connectivity index (χ3v) is 7.46. The van der Waals surface area contributed by atoms with Gasteiger partial charge in [-0.2, -0.15) is 0 Å². The quantitative estimate of drug-likeness (QED) is 0.801. The van der Waals surface area contributed by atoms with Crippen LogP contribution in [-0.4, -0.2) is 63.6 Å². The first-order chi connectivity index (χ1) is 13.7. The molecular formula is C22H34N4O2. The molecule has 1 saturated carbocycles. The summed E-state index contributed by atoms with van der Waals surface area (Å²) < 4.78 is 8.31. The fraction of sp³-hybridized carbons (Fsp3) is 0.818. The number of morpholine rings is 1. The van der Waals surface area contributed by atoms with Crippen LogP contribution in [0.1, 0.15) is 74.6 Å². The lowest BCUT2D eigenvalue weighted by atomic mass is 9.90. The van der Waals surface area contributed by atoms with Gasteiger partial charge in [0.1, 0.15) is 5.82 Å². The Morgan fingerprint density at radius 1 is 1.07 bits per heavy atom. The van der Waals surface area contributed by atoms with Crippen LogP contribution in [0.5, 0.6) is 0 Å². The number of hydrogen-bond donors (Lipinski definition) is 0. The molecule has 5 rings (SSSR count). The summed E-state index contributed by atoms with van der Waals surface area (Å²) in [6.07, 6.45) is 12.0. The molecule has 6 nitrogen and oxygen atoms in total. The van der Waals surface area contributed by atoms with Crippen molar-refractivity contribution < 1.29 is 9.53 Å². The van der Waals surface area contributed by atoms with E-state index < -0.39 is 0 Å². The number of amides is 1. The Kier molecular flexibility index (Phi) is 5.18. The molecule has 3 fully saturated rings. The highest BCUT2D eigenvalue weighted by Crippen LogP contribution is 2.34. The van der Waals surface area contributed by atoms with Gasteiger partial charge in [0.15, 0.2) is 0 Å². The predicted molar refractivity (Wildman–Crippen MR) is 107 cm³/mol. The molecule has 1 amide bonds. The zero-order valence-electron chi connectivity index (χ0n) is 17.2. The van der Waals surface area contributed by atoms with E-state index in [0.29, 0.717) is 31.1 Å². The van der Waals surface area contributed by atoms with Gasteiger partial charge in [-0.3, -0.25) is 9.69 Å². The van der Waals surface area contributed by atoms with Gasteiger partial charge in [-0.15, -0.1) is 0 Å². The molecule has 3 atom stereocenters. The van der Waals surface area contributed by atoms with Gasteiger partial charge in [-0.1, -0.05) is 12.8 Å². The number of nitrogens with zero attached hydrogens (tertiary/aromatic N) is 4. The molecule has 0 aromatic carbocycles. The van der Waals surface area contributed by atoms with E-state index in [-0.39, 0.29) is 6.10 Å². The summed E-state index contributed by atoms with van der Waals surface area (Å²) in [5, 5.41) is 0. The smallest absolute Gasteiger partial charge is 0.237 e. The average Bonchev–Trinajstić information content (AvgIpc) is 3.32. The Bertz CT molecular complexity index is 728. The maximum Gasteiger partial charge on any atom is 0.237 e. The summed E-state index contributed by atoms with van der Waals surface area (Å²) in [7, 11) is 2.18. The van der Waals surface area contributed by atoms with Crippen LogP contribution < -0.4 is 0 Å². The Hall–Kier alpha value is -1.40. The largest absolute Gasteiger partial charge is 0.374 e. The first-order valence-corrected chi connectivity index (χ1v) is 11.4. The highest BCUT2D eigenvalue weighted by atomic mass is 16.5. The van der Waals surface area contributed by atoms with E-state index in [1.54, 1.807) is 0 Å². The fourth-order valence-corrected chi connectivity index (χ4v) is 5.98. The molecule has 0 N–H and O–H groups in total. The van der Waals surface area contributed by atoms with Gasteiger partial charge in [0.2, 0.25) is 5.91 Å². The molecule has 2 aliphatic carbocycles. The second-order valence-electron chi connectivity index (χ2n) is 9.11. The zero-order valence-corrected chi connectivity index (χ0v) is 17.2. The van der Waals surface area contributed by atoms with Crippen molar-refractivity contribution in [1.29, 1.82) is 0 Å². The van der Waals surface area contributed by atoms with Crippen molar-refractivity contribution in [1.82, 2.24) is 19.4 Å². The topological polar surface area (TPSA) is 50.6 Å². The molecule has 154 valence electrons. The molecule has 3 heterocycles. The van der Waals surface area contributed by atoms with Gasteiger partial charge in [0.05, 0.1) is 37.0 Å². The number of imidazole rings is 1. The standard InChI is InChI=1S/C22H34N4O2/c1-24-17-8-3-2-7-16(17)23-22(24)19-10-6-12-25(19)15-21(27)26-13-14-28-20-11-5-4-9-18(20)26/h18-20H,2-15H2,1H3. The van der Waals surface area contributed by atoms with Crippen LogP contribution in [0.15, 0.2) is 0 Å². The molecule has 1 aromatic heterocycles. The lowest BCUT2D eigenvalue weighted by Crippen LogP contribution is -2.56. The Morgan fingerprint density at radius 3 is 2.82 bits per heavy atom. The van der Waals surface area contributed by atoms with Crippen molar-refractivity contribution in [3.05, 3.63) is 17.2 Å². The van der Waals surface area contributed by atoms with Crippen LogP contribution in [-0.2, 0) is 29.4 Å². The molecule has 3 unspecified atom stereocenters. The first-order valence-electron chi connectivity index (χ1n) is 11.4. The van der Waals surface area contributed by atoms with Crippen LogP contribution >= 0.6 is 0 Å². The maximum absolute atomic E-state index is 13.3. The number of hydrogen-bond acceptors (Lipinski definition) is 4. The van der Waals surface area contributed by atoms with Crippen LogP contribution in [0.25, 0.3) is 0 Å². The normalized spacial score (nSPS) is 30.9. The Morgan fingerprint density at radius 2 is 1.93 bits per heavy atom. The summed E-state index contributed by atoms with van der Waals surface area (Å²) in [4.78, 5) is 22.8. The number of carbonyl (C=O) groups is 1. The molecule has 0 radical (unpaired) electrons. The monoisotopic (exact) mass is 386 g/mol. The molecule has 6 heteroatoms. The van der Waals surface area contributed by atoms with Crippen LogP contribution in [0.2, 0.25) is 0 Å². The third kappa shape index (κ3) is 3.28. The van der Waals surface area contributed by atoms with Crippen LogP contribution in [0.4, 0.5) is 0 Å². The number of ether oxygens (including phenoxy) is 1. The molecule has 0 bridgehead atoms. The van der Waals surface area contributed by atoms with Gasteiger partial charge in [-0.05, 0) is 57.9 Å². The molecule has 2 aliphatic heterocycles. The predicted octanol–water partition coefficient (Wildman–Crippen LogP) is 2.61. The molecule has 28 heavy (non-hydrogen) atoms. The van der Waals surface area contributed by atoms with E-state index in [1.165, 1.54) is 42.9 Å². The minimum atomic E-state index is 0.266. The first kappa shape index (κ1) is 18.6. The van der Waals surface area contributed by atoms with Gasteiger partial charge in [-0.25, -0.2) is 4.98 Å². The van der Waals surface area contributed by atoms with Crippen LogP contribution in [0.3, 0.4) is 0 Å². The summed E-state index contributed by atoms with van der Waals surface area (Å²) >= 11 is 0. The van der Waals surface area contributed by atoms with Gasteiger partial charge in [0, 0.05) is 19.3 Å². The van der Waals surface area contributed by atoms with Crippen molar-refractivity contribution in [3.63, 3.8) is 0 Å². The highest BCUT2D eigenvalue weighted by Gasteiger charge is 2.39.